The Labute approximate surface area is 106 Å². The van der Waals surface area contributed by atoms with Gasteiger partial charge in [0.1, 0.15) is 0 Å². The average Bonchev–Trinajstić information content (AvgIpc) is 1.84. The van der Waals surface area contributed by atoms with Crippen molar-refractivity contribution in [3.05, 3.63) is 5.92 Å². The summed E-state index contributed by atoms with van der Waals surface area (Å²) in [4.78, 5) is 10.7. The molecule has 2 heteroatoms. The summed E-state index contributed by atoms with van der Waals surface area (Å²) >= 11 is 0. The number of carbonyl (C=O) groups is 1. The van der Waals surface area contributed by atoms with Gasteiger partial charge in [-0.2, -0.15) is 13.3 Å². The molecule has 0 aliphatic carbocycles. The fourth-order valence-corrected chi connectivity index (χ4v) is 0.499. The molecule has 0 heterocycles. The first-order chi connectivity index (χ1) is 3.72. The topological polar surface area (TPSA) is 17.1 Å². The first kappa shape index (κ1) is 13.0. The van der Waals surface area contributed by atoms with Gasteiger partial charge in [-0.25, -0.2) is 0 Å². The van der Waals surface area contributed by atoms with E-state index in [0.29, 0.717) is 12.2 Å². The molecule has 0 aromatic rings. The van der Waals surface area contributed by atoms with Crippen LogP contribution in [0.3, 0.4) is 0 Å². The molecule has 0 rings (SSSR count). The Bertz CT molecular complexity index is 81.0. The van der Waals surface area contributed by atoms with Crippen molar-refractivity contribution in [1.82, 2.24) is 0 Å². The minimum atomic E-state index is 0. The quantitative estimate of drug-likeness (QED) is 0.531. The van der Waals surface area contributed by atoms with Gasteiger partial charge < -0.3 is 10.7 Å². The molecule has 0 N–H and O–H groups in total. The van der Waals surface area contributed by atoms with E-state index in [-0.39, 0.29) is 58.2 Å². The Morgan fingerprint density at radius 2 is 1.89 bits per heavy atom. The Kier molecular flexibility index (Phi) is 10.7. The van der Waals surface area contributed by atoms with Gasteiger partial charge in [0.05, 0.1) is 0 Å². The second kappa shape index (κ2) is 7.45. The fourth-order valence-electron chi connectivity index (χ4n) is 0.499. The molecule has 0 amide bonds. The van der Waals surface area contributed by atoms with Crippen molar-refractivity contribution < 1.29 is 63.0 Å². The summed E-state index contributed by atoms with van der Waals surface area (Å²) in [6.45, 7) is 5.79. The zero-order valence-corrected chi connectivity index (χ0v) is 11.7. The van der Waals surface area contributed by atoms with E-state index in [9.17, 15) is 4.79 Å². The van der Waals surface area contributed by atoms with Crippen LogP contribution in [0.2, 0.25) is 0 Å². The monoisotopic (exact) mass is 198 g/mol. The Balaban J connectivity index is 0. The first-order valence-corrected chi connectivity index (χ1v) is 3.08. The number of Topliss-reactive ketones (excluding diaryl/α,β-unsaturated/α-hetero) is 1. The molecule has 1 nitrogen and oxygen atoms in total. The van der Waals surface area contributed by atoms with E-state index in [0.717, 1.165) is 12.3 Å². The second-order valence-electron chi connectivity index (χ2n) is 1.91. The third-order valence-electron chi connectivity index (χ3n) is 1.33. The van der Waals surface area contributed by atoms with Gasteiger partial charge in [0, 0.05) is 5.78 Å². The summed E-state index contributed by atoms with van der Waals surface area (Å²) in [6, 6.07) is 0. The Morgan fingerprint density at radius 3 is 2.00 bits per heavy atom. The zero-order chi connectivity index (χ0) is 6.57. The summed E-state index contributed by atoms with van der Waals surface area (Å²) in [5.74, 6) is 1.29. The average molecular weight is 199 g/mol. The SMILES string of the molecule is CCC(=O)[C-](C)CC.[Rb+]. The van der Waals surface area contributed by atoms with Crippen molar-refractivity contribution in [2.24, 2.45) is 0 Å². The van der Waals surface area contributed by atoms with Crippen molar-refractivity contribution in [3.8, 4) is 0 Å². The fraction of sp³-hybridized carbons (Fsp3) is 0.714. The van der Waals surface area contributed by atoms with Gasteiger partial charge in [0.25, 0.3) is 0 Å². The molecular weight excluding hydrogens is 186 g/mol. The summed E-state index contributed by atoms with van der Waals surface area (Å²) in [5, 5.41) is 0. The van der Waals surface area contributed by atoms with Crippen LogP contribution in [0, 0.1) is 5.92 Å². The van der Waals surface area contributed by atoms with E-state index < -0.39 is 0 Å². The third kappa shape index (κ3) is 5.77. The molecule has 0 saturated carbocycles. The van der Waals surface area contributed by atoms with E-state index in [1.165, 1.54) is 0 Å². The van der Waals surface area contributed by atoms with Gasteiger partial charge in [-0.15, -0.1) is 0 Å². The van der Waals surface area contributed by atoms with Crippen LogP contribution in [0.4, 0.5) is 0 Å². The third-order valence-corrected chi connectivity index (χ3v) is 1.33. The van der Waals surface area contributed by atoms with Crippen LogP contribution in [0.1, 0.15) is 33.6 Å². The maximum atomic E-state index is 10.7. The van der Waals surface area contributed by atoms with E-state index >= 15 is 0 Å². The normalized spacial score (nSPS) is 7.89. The molecule has 0 aromatic carbocycles. The maximum Gasteiger partial charge on any atom is 1.00 e. The van der Waals surface area contributed by atoms with Gasteiger partial charge in [-0.05, 0) is 6.42 Å². The van der Waals surface area contributed by atoms with Crippen molar-refractivity contribution in [2.45, 2.75) is 33.6 Å². The minimum Gasteiger partial charge on any atom is -0.334 e. The predicted octanol–water partition coefficient (Wildman–Crippen LogP) is -1.03. The second-order valence-corrected chi connectivity index (χ2v) is 1.91. The first-order valence-electron chi connectivity index (χ1n) is 3.08. The molecule has 0 saturated heterocycles. The van der Waals surface area contributed by atoms with Crippen LogP contribution in [0.15, 0.2) is 0 Å². The predicted molar refractivity (Wildman–Crippen MR) is 34.5 cm³/mol. The Morgan fingerprint density at radius 1 is 1.44 bits per heavy atom. The molecule has 0 aliphatic heterocycles. The van der Waals surface area contributed by atoms with Gasteiger partial charge in [-0.3, -0.25) is 0 Å². The van der Waals surface area contributed by atoms with Gasteiger partial charge in [0.2, 0.25) is 0 Å². The van der Waals surface area contributed by atoms with Crippen molar-refractivity contribution in [1.29, 1.82) is 0 Å². The number of ketones is 1. The summed E-state index contributed by atoms with van der Waals surface area (Å²) < 4.78 is 0. The van der Waals surface area contributed by atoms with Crippen molar-refractivity contribution >= 4 is 5.78 Å². The molecule has 0 aliphatic rings. The number of rotatable bonds is 3. The largest absolute Gasteiger partial charge is 1.00 e. The van der Waals surface area contributed by atoms with Crippen LogP contribution >= 0.6 is 0 Å². The van der Waals surface area contributed by atoms with Crippen LogP contribution in [0.5, 0.6) is 0 Å². The number of hydrogen-bond acceptors (Lipinski definition) is 1. The van der Waals surface area contributed by atoms with Crippen LogP contribution in [-0.4, -0.2) is 5.78 Å². The molecule has 0 aromatic heterocycles. The van der Waals surface area contributed by atoms with E-state index in [1.807, 2.05) is 20.8 Å². The van der Waals surface area contributed by atoms with Gasteiger partial charge in [0.15, 0.2) is 0 Å². The van der Waals surface area contributed by atoms with E-state index in [4.69, 9.17) is 0 Å². The van der Waals surface area contributed by atoms with E-state index in [1.54, 1.807) is 0 Å². The molecule has 0 unspecified atom stereocenters. The smallest absolute Gasteiger partial charge is 0.334 e. The summed E-state index contributed by atoms with van der Waals surface area (Å²) in [5.41, 5.74) is 0. The van der Waals surface area contributed by atoms with Gasteiger partial charge in [-0.1, -0.05) is 13.8 Å². The molecule has 0 spiro atoms. The van der Waals surface area contributed by atoms with Gasteiger partial charge >= 0.3 is 58.2 Å². The molecule has 9 heavy (non-hydrogen) atoms. The van der Waals surface area contributed by atoms with Crippen LogP contribution in [0.25, 0.3) is 0 Å². The number of hydrogen-bond donors (Lipinski definition) is 0. The van der Waals surface area contributed by atoms with Crippen molar-refractivity contribution in [3.63, 3.8) is 0 Å². The molecule has 0 bridgehead atoms. The summed E-state index contributed by atoms with van der Waals surface area (Å²) in [6.07, 6.45) is 1.55. The van der Waals surface area contributed by atoms with Crippen LogP contribution in [-0.2, 0) is 4.79 Å². The Hall–Kier alpha value is 1.35. The maximum absolute atomic E-state index is 10.7. The molecule has 48 valence electrons. The van der Waals surface area contributed by atoms with Crippen molar-refractivity contribution in [2.75, 3.05) is 0 Å². The molecule has 0 fully saturated rings. The molecular formula is C7H13ORb. The van der Waals surface area contributed by atoms with Crippen LogP contribution < -0.4 is 58.2 Å². The minimum absolute atomic E-state index is 0. The zero-order valence-electron chi connectivity index (χ0n) is 6.82. The molecule has 0 radical (unpaired) electrons. The van der Waals surface area contributed by atoms with E-state index in [2.05, 4.69) is 0 Å². The molecule has 0 atom stereocenters. The standard InChI is InChI=1S/C7H13O.Rb/c1-4-6(3)7(8)5-2;/h4-5H2,1-3H3;/q-1;+1. The number of carbonyl (C=O) groups excluding carboxylic acids is 1. The summed E-state index contributed by atoms with van der Waals surface area (Å²) in [7, 11) is 0.